The van der Waals surface area contributed by atoms with Gasteiger partial charge in [0, 0.05) is 18.6 Å². The van der Waals surface area contributed by atoms with Crippen LogP contribution >= 0.6 is 0 Å². The number of rotatable bonds is 13. The average molecular weight is 407 g/mol. The number of benzene rings is 2. The fourth-order valence-electron chi connectivity index (χ4n) is 4.63. The summed E-state index contributed by atoms with van der Waals surface area (Å²) in [7, 11) is 0. The minimum atomic E-state index is -0.0472. The minimum absolute atomic E-state index is 0.0472. The van der Waals surface area contributed by atoms with Gasteiger partial charge >= 0.3 is 0 Å². The van der Waals surface area contributed by atoms with E-state index in [1.165, 1.54) is 54.4 Å². The number of carbonyl (C=O) groups excluding carboxylic acids is 1. The summed E-state index contributed by atoms with van der Waals surface area (Å²) < 4.78 is 6.35. The van der Waals surface area contributed by atoms with Crippen molar-refractivity contribution in [3.05, 3.63) is 58.7 Å². The highest BCUT2D eigenvalue weighted by Gasteiger charge is 2.32. The van der Waals surface area contributed by atoms with Gasteiger partial charge in [-0.2, -0.15) is 0 Å². The first-order valence-corrected chi connectivity index (χ1v) is 12.1. The van der Waals surface area contributed by atoms with E-state index in [2.05, 4.69) is 51.1 Å². The molecule has 0 heterocycles. The fraction of sp³-hybridized carbons (Fsp3) is 0.536. The van der Waals surface area contributed by atoms with E-state index in [1.807, 2.05) is 6.07 Å². The Morgan fingerprint density at radius 1 is 0.833 bits per heavy atom. The third kappa shape index (κ3) is 5.21. The van der Waals surface area contributed by atoms with Gasteiger partial charge in [0.2, 0.25) is 0 Å². The molecule has 0 spiro atoms. The Morgan fingerprint density at radius 3 is 2.30 bits per heavy atom. The number of carbonyl (C=O) groups is 1. The molecule has 2 nitrogen and oxygen atoms in total. The Bertz CT molecular complexity index is 837. The van der Waals surface area contributed by atoms with E-state index in [9.17, 15) is 4.79 Å². The number of Topliss-reactive ketones (excluding diaryl/α,β-unsaturated/α-hetero) is 1. The average Bonchev–Trinajstić information content (AvgIpc) is 3.08. The van der Waals surface area contributed by atoms with Gasteiger partial charge in [0.1, 0.15) is 6.10 Å². The molecule has 2 aromatic carbocycles. The molecule has 1 aliphatic carbocycles. The molecule has 0 bridgehead atoms. The highest BCUT2D eigenvalue weighted by Crippen LogP contribution is 2.47. The minimum Gasteiger partial charge on any atom is -0.369 e. The highest BCUT2D eigenvalue weighted by atomic mass is 16.5. The lowest BCUT2D eigenvalue weighted by molar-refractivity contribution is 0.0802. The fourth-order valence-corrected chi connectivity index (χ4v) is 4.63. The largest absolute Gasteiger partial charge is 0.369 e. The van der Waals surface area contributed by atoms with Crippen molar-refractivity contribution in [2.45, 2.75) is 91.1 Å². The quantitative estimate of drug-likeness (QED) is 0.247. The lowest BCUT2D eigenvalue weighted by atomic mass is 9.92. The zero-order valence-electron chi connectivity index (χ0n) is 19.1. The van der Waals surface area contributed by atoms with Crippen molar-refractivity contribution >= 4 is 5.78 Å². The maximum Gasteiger partial charge on any atom is 0.163 e. The molecule has 0 radical (unpaired) electrons. The number of hydrogen-bond donors (Lipinski definition) is 0. The van der Waals surface area contributed by atoms with Crippen molar-refractivity contribution < 1.29 is 9.53 Å². The van der Waals surface area contributed by atoms with Crippen molar-refractivity contribution in [2.75, 3.05) is 6.61 Å². The molecule has 1 unspecified atom stereocenters. The molecule has 0 aromatic heterocycles. The molecule has 0 fully saturated rings. The summed E-state index contributed by atoms with van der Waals surface area (Å²) in [6, 6.07) is 12.7. The lowest BCUT2D eigenvalue weighted by Gasteiger charge is -2.18. The van der Waals surface area contributed by atoms with E-state index < -0.39 is 0 Å². The first-order chi connectivity index (χ1) is 14.7. The molecule has 3 rings (SSSR count). The van der Waals surface area contributed by atoms with Gasteiger partial charge in [0.15, 0.2) is 5.78 Å². The summed E-state index contributed by atoms with van der Waals surface area (Å²) >= 11 is 0. The first-order valence-electron chi connectivity index (χ1n) is 12.1. The van der Waals surface area contributed by atoms with Crippen molar-refractivity contribution in [3.8, 4) is 11.1 Å². The molecule has 162 valence electrons. The van der Waals surface area contributed by atoms with Crippen LogP contribution in [-0.4, -0.2) is 12.4 Å². The van der Waals surface area contributed by atoms with Crippen LogP contribution in [0.2, 0.25) is 0 Å². The molecule has 0 amide bonds. The van der Waals surface area contributed by atoms with Crippen LogP contribution in [0, 0.1) is 6.92 Å². The maximum atomic E-state index is 13.0. The summed E-state index contributed by atoms with van der Waals surface area (Å²) in [6.07, 6.45) is 11.4. The summed E-state index contributed by atoms with van der Waals surface area (Å²) in [5.74, 6) is 0.284. The van der Waals surface area contributed by atoms with E-state index in [0.29, 0.717) is 6.42 Å². The third-order valence-corrected chi connectivity index (χ3v) is 6.40. The van der Waals surface area contributed by atoms with Crippen molar-refractivity contribution in [2.24, 2.45) is 0 Å². The standard InChI is InChI=1S/C28H38O2/c1-4-6-8-9-10-11-12-17-26(29)22-18-19-24-23-15-13-14-16-25(23)28(27(24)21(22)3)30-20-7-5-2/h13-16,18-19,28H,4-12,17,20H2,1-3H3. The Balaban J connectivity index is 1.71. The molecule has 0 aliphatic heterocycles. The smallest absolute Gasteiger partial charge is 0.163 e. The van der Waals surface area contributed by atoms with Crippen LogP contribution in [0.1, 0.15) is 111 Å². The second-order valence-electron chi connectivity index (χ2n) is 8.69. The van der Waals surface area contributed by atoms with Crippen molar-refractivity contribution in [3.63, 3.8) is 0 Å². The van der Waals surface area contributed by atoms with Gasteiger partial charge in [0.05, 0.1) is 0 Å². The van der Waals surface area contributed by atoms with Crippen LogP contribution in [0.4, 0.5) is 0 Å². The first kappa shape index (κ1) is 22.7. The second-order valence-corrected chi connectivity index (χ2v) is 8.69. The molecule has 2 heteroatoms. The topological polar surface area (TPSA) is 26.3 Å². The lowest BCUT2D eigenvalue weighted by Crippen LogP contribution is -2.09. The molecule has 30 heavy (non-hydrogen) atoms. The number of unbranched alkanes of at least 4 members (excludes halogenated alkanes) is 7. The normalized spacial score (nSPS) is 14.6. The molecule has 0 saturated heterocycles. The number of ketones is 1. The summed E-state index contributed by atoms with van der Waals surface area (Å²) in [6.45, 7) is 7.30. The van der Waals surface area contributed by atoms with Crippen LogP contribution in [0.15, 0.2) is 36.4 Å². The number of ether oxygens (including phenoxy) is 1. The van der Waals surface area contributed by atoms with Gasteiger partial charge in [-0.1, -0.05) is 95.2 Å². The van der Waals surface area contributed by atoms with Gasteiger partial charge in [-0.05, 0) is 47.6 Å². The zero-order chi connectivity index (χ0) is 21.3. The Labute approximate surface area is 183 Å². The summed E-state index contributed by atoms with van der Waals surface area (Å²) in [5, 5.41) is 0. The summed E-state index contributed by atoms with van der Waals surface area (Å²) in [5.41, 5.74) is 6.93. The van der Waals surface area contributed by atoms with Crippen LogP contribution in [0.3, 0.4) is 0 Å². The number of fused-ring (bicyclic) bond motifs is 3. The Morgan fingerprint density at radius 2 is 1.53 bits per heavy atom. The monoisotopic (exact) mass is 406 g/mol. The molecule has 2 aromatic rings. The predicted molar refractivity (Wildman–Crippen MR) is 126 cm³/mol. The van der Waals surface area contributed by atoms with Crippen molar-refractivity contribution in [1.82, 2.24) is 0 Å². The molecular weight excluding hydrogens is 368 g/mol. The van der Waals surface area contributed by atoms with Crippen LogP contribution < -0.4 is 0 Å². The van der Waals surface area contributed by atoms with Gasteiger partial charge in [-0.25, -0.2) is 0 Å². The van der Waals surface area contributed by atoms with Crippen LogP contribution in [0.5, 0.6) is 0 Å². The van der Waals surface area contributed by atoms with Crippen molar-refractivity contribution in [1.29, 1.82) is 0 Å². The van der Waals surface area contributed by atoms with E-state index in [4.69, 9.17) is 4.74 Å². The molecule has 0 saturated carbocycles. The Kier molecular flexibility index (Phi) is 8.69. The second kappa shape index (κ2) is 11.5. The molecular formula is C28H38O2. The number of hydrogen-bond acceptors (Lipinski definition) is 2. The summed E-state index contributed by atoms with van der Waals surface area (Å²) in [4.78, 5) is 13.0. The van der Waals surface area contributed by atoms with E-state index in [1.54, 1.807) is 0 Å². The van der Waals surface area contributed by atoms with Crippen LogP contribution in [-0.2, 0) is 4.74 Å². The van der Waals surface area contributed by atoms with E-state index >= 15 is 0 Å². The zero-order valence-corrected chi connectivity index (χ0v) is 19.1. The van der Waals surface area contributed by atoms with Gasteiger partial charge < -0.3 is 4.74 Å². The third-order valence-electron chi connectivity index (χ3n) is 6.40. The predicted octanol–water partition coefficient (Wildman–Crippen LogP) is 8.20. The SMILES string of the molecule is CCCCCCCCCC(=O)c1ccc2c(c1C)C(OCCCC)c1ccccc1-2. The molecule has 0 N–H and O–H groups in total. The highest BCUT2D eigenvalue weighted by molar-refractivity contribution is 5.99. The van der Waals surface area contributed by atoms with Crippen LogP contribution in [0.25, 0.3) is 11.1 Å². The molecule has 1 aliphatic rings. The van der Waals surface area contributed by atoms with E-state index in [0.717, 1.165) is 43.4 Å². The molecule has 1 atom stereocenters. The Hall–Kier alpha value is -1.93. The van der Waals surface area contributed by atoms with Gasteiger partial charge in [0.25, 0.3) is 0 Å². The maximum absolute atomic E-state index is 13.0. The van der Waals surface area contributed by atoms with Gasteiger partial charge in [-0.3, -0.25) is 4.79 Å². The van der Waals surface area contributed by atoms with E-state index in [-0.39, 0.29) is 11.9 Å². The van der Waals surface area contributed by atoms with Gasteiger partial charge in [-0.15, -0.1) is 0 Å².